The van der Waals surface area contributed by atoms with Crippen molar-refractivity contribution in [3.8, 4) is 5.69 Å². The highest BCUT2D eigenvalue weighted by atomic mass is 15.3. The second-order valence-electron chi connectivity index (χ2n) is 5.40. The van der Waals surface area contributed by atoms with E-state index in [0.29, 0.717) is 0 Å². The average molecular weight is 271 g/mol. The minimum Gasteiger partial charge on any atom is -0.313 e. The van der Waals surface area contributed by atoms with Crippen molar-refractivity contribution < 1.29 is 0 Å². The van der Waals surface area contributed by atoms with Gasteiger partial charge in [0.25, 0.3) is 0 Å². The van der Waals surface area contributed by atoms with Crippen LogP contribution in [0.1, 0.15) is 42.7 Å². The SMILES string of the molecule is CCCc1c(CNCC)cnn1-c1cc(C)cc(C)c1. The van der Waals surface area contributed by atoms with Crippen molar-refractivity contribution in [2.75, 3.05) is 6.54 Å². The van der Waals surface area contributed by atoms with Gasteiger partial charge in [-0.15, -0.1) is 0 Å². The van der Waals surface area contributed by atoms with Gasteiger partial charge < -0.3 is 5.32 Å². The van der Waals surface area contributed by atoms with E-state index in [1.165, 1.54) is 28.1 Å². The molecule has 0 aliphatic carbocycles. The fraction of sp³-hybridized carbons (Fsp3) is 0.471. The first-order valence-electron chi connectivity index (χ1n) is 7.50. The van der Waals surface area contributed by atoms with E-state index in [0.717, 1.165) is 25.9 Å². The van der Waals surface area contributed by atoms with Crippen LogP contribution in [0, 0.1) is 13.8 Å². The molecule has 1 aromatic carbocycles. The zero-order valence-electron chi connectivity index (χ0n) is 13.0. The Bertz CT molecular complexity index is 549. The Hall–Kier alpha value is -1.61. The molecule has 0 atom stereocenters. The highest BCUT2D eigenvalue weighted by molar-refractivity contribution is 5.41. The summed E-state index contributed by atoms with van der Waals surface area (Å²) in [6.07, 6.45) is 4.20. The summed E-state index contributed by atoms with van der Waals surface area (Å²) in [5.74, 6) is 0. The van der Waals surface area contributed by atoms with Gasteiger partial charge in [-0.25, -0.2) is 4.68 Å². The maximum Gasteiger partial charge on any atom is 0.0654 e. The van der Waals surface area contributed by atoms with Gasteiger partial charge in [-0.05, 0) is 50.1 Å². The summed E-state index contributed by atoms with van der Waals surface area (Å²) in [7, 11) is 0. The fourth-order valence-electron chi connectivity index (χ4n) is 2.61. The zero-order chi connectivity index (χ0) is 14.5. The van der Waals surface area contributed by atoms with Gasteiger partial charge in [-0.1, -0.05) is 26.3 Å². The molecule has 1 N–H and O–H groups in total. The van der Waals surface area contributed by atoms with E-state index >= 15 is 0 Å². The molecule has 0 radical (unpaired) electrons. The first kappa shape index (κ1) is 14.8. The van der Waals surface area contributed by atoms with Gasteiger partial charge in [-0.3, -0.25) is 0 Å². The lowest BCUT2D eigenvalue weighted by molar-refractivity contribution is 0.707. The molecule has 0 saturated carbocycles. The standard InChI is InChI=1S/C17H25N3/c1-5-7-17-15(11-18-6-2)12-19-20(17)16-9-13(3)8-14(4)10-16/h8-10,12,18H,5-7,11H2,1-4H3. The molecule has 0 fully saturated rings. The topological polar surface area (TPSA) is 29.9 Å². The van der Waals surface area contributed by atoms with Crippen molar-refractivity contribution in [2.45, 2.75) is 47.1 Å². The van der Waals surface area contributed by atoms with E-state index in [2.05, 4.69) is 61.0 Å². The molecule has 108 valence electrons. The zero-order valence-corrected chi connectivity index (χ0v) is 13.0. The van der Waals surface area contributed by atoms with E-state index in [1.54, 1.807) is 0 Å². The van der Waals surface area contributed by atoms with Crippen molar-refractivity contribution >= 4 is 0 Å². The van der Waals surface area contributed by atoms with E-state index in [4.69, 9.17) is 0 Å². The summed E-state index contributed by atoms with van der Waals surface area (Å²) >= 11 is 0. The summed E-state index contributed by atoms with van der Waals surface area (Å²) in [6.45, 7) is 10.5. The number of hydrogen-bond donors (Lipinski definition) is 1. The van der Waals surface area contributed by atoms with Gasteiger partial charge in [0, 0.05) is 17.8 Å². The number of nitrogens with one attached hydrogen (secondary N) is 1. The number of nitrogens with zero attached hydrogens (tertiary/aromatic N) is 2. The van der Waals surface area contributed by atoms with Gasteiger partial charge >= 0.3 is 0 Å². The third-order valence-corrected chi connectivity index (χ3v) is 3.46. The predicted octanol–water partition coefficient (Wildman–Crippen LogP) is 3.55. The molecule has 0 saturated heterocycles. The third kappa shape index (κ3) is 3.28. The van der Waals surface area contributed by atoms with Crippen LogP contribution in [0.25, 0.3) is 5.69 Å². The molecule has 0 unspecified atom stereocenters. The molecule has 2 rings (SSSR count). The van der Waals surface area contributed by atoms with Crippen LogP contribution < -0.4 is 5.32 Å². The lowest BCUT2D eigenvalue weighted by Crippen LogP contribution is -2.13. The van der Waals surface area contributed by atoms with Crippen LogP contribution in [0.3, 0.4) is 0 Å². The van der Waals surface area contributed by atoms with E-state index in [-0.39, 0.29) is 0 Å². The molecule has 0 bridgehead atoms. The molecule has 0 aliphatic rings. The first-order valence-corrected chi connectivity index (χ1v) is 7.50. The van der Waals surface area contributed by atoms with Crippen molar-refractivity contribution in [1.82, 2.24) is 15.1 Å². The Labute approximate surface area is 122 Å². The van der Waals surface area contributed by atoms with Crippen LogP contribution >= 0.6 is 0 Å². The molecule has 20 heavy (non-hydrogen) atoms. The number of aromatic nitrogens is 2. The number of hydrogen-bond acceptors (Lipinski definition) is 2. The molecule has 3 heteroatoms. The van der Waals surface area contributed by atoms with Crippen LogP contribution in [0.5, 0.6) is 0 Å². The fourth-order valence-corrected chi connectivity index (χ4v) is 2.61. The summed E-state index contributed by atoms with van der Waals surface area (Å²) in [5.41, 5.74) is 6.39. The van der Waals surface area contributed by atoms with Crippen LogP contribution in [-0.2, 0) is 13.0 Å². The molecule has 1 heterocycles. The minimum atomic E-state index is 0.899. The smallest absolute Gasteiger partial charge is 0.0654 e. The van der Waals surface area contributed by atoms with E-state index < -0.39 is 0 Å². The Morgan fingerprint density at radius 3 is 2.40 bits per heavy atom. The van der Waals surface area contributed by atoms with Crippen molar-refractivity contribution in [3.05, 3.63) is 46.8 Å². The second kappa shape index (κ2) is 6.71. The number of aryl methyl sites for hydroxylation is 2. The summed E-state index contributed by atoms with van der Waals surface area (Å²) in [4.78, 5) is 0. The predicted molar refractivity (Wildman–Crippen MR) is 84.4 cm³/mol. The average Bonchev–Trinajstić information content (AvgIpc) is 2.79. The van der Waals surface area contributed by atoms with Gasteiger partial charge in [0.05, 0.1) is 11.9 Å². The Morgan fingerprint density at radius 1 is 1.10 bits per heavy atom. The Balaban J connectivity index is 2.41. The van der Waals surface area contributed by atoms with Crippen molar-refractivity contribution in [1.29, 1.82) is 0 Å². The monoisotopic (exact) mass is 271 g/mol. The van der Waals surface area contributed by atoms with Crippen LogP contribution in [0.4, 0.5) is 0 Å². The van der Waals surface area contributed by atoms with E-state index in [9.17, 15) is 0 Å². The van der Waals surface area contributed by atoms with Gasteiger partial charge in [0.2, 0.25) is 0 Å². The quantitative estimate of drug-likeness (QED) is 0.870. The van der Waals surface area contributed by atoms with Gasteiger partial charge in [0.15, 0.2) is 0 Å². The highest BCUT2D eigenvalue weighted by Crippen LogP contribution is 2.19. The summed E-state index contributed by atoms with van der Waals surface area (Å²) in [6, 6.07) is 6.61. The molecule has 3 nitrogen and oxygen atoms in total. The number of benzene rings is 1. The first-order chi connectivity index (χ1) is 9.65. The third-order valence-electron chi connectivity index (χ3n) is 3.46. The number of rotatable bonds is 6. The molecule has 0 amide bonds. The van der Waals surface area contributed by atoms with E-state index in [1.807, 2.05) is 6.20 Å². The molecule has 0 spiro atoms. The van der Waals surface area contributed by atoms with Crippen molar-refractivity contribution in [2.24, 2.45) is 0 Å². The Kier molecular flexibility index (Phi) is 4.96. The van der Waals surface area contributed by atoms with Crippen LogP contribution in [0.2, 0.25) is 0 Å². The summed E-state index contributed by atoms with van der Waals surface area (Å²) in [5, 5.41) is 8.01. The molecule has 2 aromatic rings. The Morgan fingerprint density at radius 2 is 1.80 bits per heavy atom. The van der Waals surface area contributed by atoms with Gasteiger partial charge in [-0.2, -0.15) is 5.10 Å². The lowest BCUT2D eigenvalue weighted by atomic mass is 10.1. The minimum absolute atomic E-state index is 0.899. The van der Waals surface area contributed by atoms with Gasteiger partial charge in [0.1, 0.15) is 0 Å². The molecular formula is C17H25N3. The molecular weight excluding hydrogens is 246 g/mol. The lowest BCUT2D eigenvalue weighted by Gasteiger charge is -2.11. The highest BCUT2D eigenvalue weighted by Gasteiger charge is 2.11. The summed E-state index contributed by atoms with van der Waals surface area (Å²) < 4.78 is 2.11. The van der Waals surface area contributed by atoms with Crippen molar-refractivity contribution in [3.63, 3.8) is 0 Å². The van der Waals surface area contributed by atoms with Crippen LogP contribution in [0.15, 0.2) is 24.4 Å². The largest absolute Gasteiger partial charge is 0.313 e. The van der Waals surface area contributed by atoms with Crippen LogP contribution in [-0.4, -0.2) is 16.3 Å². The molecule has 0 aliphatic heterocycles. The molecule has 1 aromatic heterocycles. The second-order valence-corrected chi connectivity index (χ2v) is 5.40. The normalized spacial score (nSPS) is 11.0. The maximum absolute atomic E-state index is 4.62. The maximum atomic E-state index is 4.62.